The Hall–Kier alpha value is -1.53. The molecule has 0 radical (unpaired) electrons. The van der Waals surface area contributed by atoms with Crippen LogP contribution in [-0.2, 0) is 4.79 Å². The van der Waals surface area contributed by atoms with Gasteiger partial charge in [-0.2, -0.15) is 0 Å². The van der Waals surface area contributed by atoms with E-state index in [1.165, 1.54) is 0 Å². The van der Waals surface area contributed by atoms with Crippen LogP contribution >= 0.6 is 23.8 Å². The summed E-state index contributed by atoms with van der Waals surface area (Å²) in [5.41, 5.74) is 5.63. The standard InChI is InChI=1S/C12H16ClN3O2S/c1-3-11(17)15-16-12(19)14-10-7-8(18-4-2)5-6-9(10)13/h5-7H,3-4H2,1-2H3,(H,15,17)(H2,14,16,19). The predicted octanol–water partition coefficient (Wildman–Crippen LogP) is 2.47. The molecule has 0 aliphatic heterocycles. The second-order valence-corrected chi connectivity index (χ2v) is 4.37. The van der Waals surface area contributed by atoms with E-state index in [4.69, 9.17) is 28.6 Å². The number of thiocarbonyl (C=S) groups is 1. The van der Waals surface area contributed by atoms with Crippen molar-refractivity contribution in [2.75, 3.05) is 11.9 Å². The van der Waals surface area contributed by atoms with Crippen molar-refractivity contribution in [3.8, 4) is 5.75 Å². The lowest BCUT2D eigenvalue weighted by Gasteiger charge is -2.13. The zero-order valence-corrected chi connectivity index (χ0v) is 12.3. The molecule has 0 saturated heterocycles. The average molecular weight is 302 g/mol. The van der Waals surface area contributed by atoms with Gasteiger partial charge in [0.25, 0.3) is 0 Å². The molecule has 3 N–H and O–H groups in total. The number of benzene rings is 1. The summed E-state index contributed by atoms with van der Waals surface area (Å²) in [6.45, 7) is 4.21. The summed E-state index contributed by atoms with van der Waals surface area (Å²) in [6.07, 6.45) is 0.371. The Kier molecular flexibility index (Phi) is 6.38. The quantitative estimate of drug-likeness (QED) is 0.589. The van der Waals surface area contributed by atoms with Gasteiger partial charge in [-0.25, -0.2) is 0 Å². The van der Waals surface area contributed by atoms with E-state index in [9.17, 15) is 4.79 Å². The van der Waals surface area contributed by atoms with Gasteiger partial charge in [0.15, 0.2) is 5.11 Å². The molecule has 0 aliphatic rings. The third-order valence-electron chi connectivity index (χ3n) is 2.13. The number of nitrogens with one attached hydrogen (secondary N) is 3. The molecule has 1 amide bonds. The van der Waals surface area contributed by atoms with Crippen LogP contribution in [-0.4, -0.2) is 17.6 Å². The maximum absolute atomic E-state index is 11.1. The third-order valence-corrected chi connectivity index (χ3v) is 2.67. The summed E-state index contributed by atoms with van der Waals surface area (Å²) < 4.78 is 5.37. The summed E-state index contributed by atoms with van der Waals surface area (Å²) in [4.78, 5) is 11.1. The van der Waals surface area contributed by atoms with E-state index < -0.39 is 0 Å². The van der Waals surface area contributed by atoms with E-state index in [1.54, 1.807) is 25.1 Å². The number of amides is 1. The van der Waals surface area contributed by atoms with Gasteiger partial charge in [-0.15, -0.1) is 0 Å². The Morgan fingerprint density at radius 2 is 2.11 bits per heavy atom. The van der Waals surface area contributed by atoms with Gasteiger partial charge in [0.2, 0.25) is 5.91 Å². The van der Waals surface area contributed by atoms with Crippen LogP contribution in [0.4, 0.5) is 5.69 Å². The average Bonchev–Trinajstić information content (AvgIpc) is 2.40. The van der Waals surface area contributed by atoms with E-state index in [2.05, 4.69) is 16.2 Å². The number of carbonyl (C=O) groups is 1. The van der Waals surface area contributed by atoms with Crippen LogP contribution in [0.25, 0.3) is 0 Å². The van der Waals surface area contributed by atoms with E-state index in [0.717, 1.165) is 0 Å². The normalized spacial score (nSPS) is 9.63. The van der Waals surface area contributed by atoms with Crippen LogP contribution in [0.3, 0.4) is 0 Å². The van der Waals surface area contributed by atoms with Gasteiger partial charge in [-0.3, -0.25) is 15.6 Å². The van der Waals surface area contributed by atoms with Gasteiger partial charge in [0, 0.05) is 12.5 Å². The minimum atomic E-state index is -0.154. The molecule has 1 rings (SSSR count). The maximum Gasteiger partial charge on any atom is 0.238 e. The van der Waals surface area contributed by atoms with Crippen molar-refractivity contribution in [3.05, 3.63) is 23.2 Å². The number of halogens is 1. The van der Waals surface area contributed by atoms with Crippen molar-refractivity contribution in [3.63, 3.8) is 0 Å². The van der Waals surface area contributed by atoms with Gasteiger partial charge >= 0.3 is 0 Å². The minimum Gasteiger partial charge on any atom is -0.494 e. The number of anilines is 1. The fourth-order valence-electron chi connectivity index (χ4n) is 1.23. The topological polar surface area (TPSA) is 62.4 Å². The molecule has 7 heteroatoms. The highest BCUT2D eigenvalue weighted by molar-refractivity contribution is 7.80. The molecule has 0 aromatic heterocycles. The van der Waals surface area contributed by atoms with E-state index in [1.807, 2.05) is 6.92 Å². The summed E-state index contributed by atoms with van der Waals surface area (Å²) >= 11 is 11.1. The van der Waals surface area contributed by atoms with Crippen molar-refractivity contribution in [1.29, 1.82) is 0 Å². The van der Waals surface area contributed by atoms with Crippen molar-refractivity contribution in [2.24, 2.45) is 0 Å². The van der Waals surface area contributed by atoms with Crippen LogP contribution in [0.15, 0.2) is 18.2 Å². The molecule has 0 saturated carbocycles. The number of hydrogen-bond donors (Lipinski definition) is 3. The second-order valence-electron chi connectivity index (χ2n) is 3.56. The Morgan fingerprint density at radius 3 is 2.74 bits per heavy atom. The molecule has 0 atom stereocenters. The van der Waals surface area contributed by atoms with Crippen molar-refractivity contribution in [1.82, 2.24) is 10.9 Å². The van der Waals surface area contributed by atoms with Crippen LogP contribution in [0.5, 0.6) is 5.75 Å². The summed E-state index contributed by atoms with van der Waals surface area (Å²) in [5, 5.41) is 3.64. The van der Waals surface area contributed by atoms with E-state index >= 15 is 0 Å². The lowest BCUT2D eigenvalue weighted by molar-refractivity contribution is -0.121. The van der Waals surface area contributed by atoms with Crippen LogP contribution in [0.2, 0.25) is 5.02 Å². The Balaban J connectivity index is 2.62. The van der Waals surface area contributed by atoms with Gasteiger partial charge in [-0.1, -0.05) is 18.5 Å². The molecule has 0 unspecified atom stereocenters. The first-order valence-corrected chi connectivity index (χ1v) is 6.63. The fourth-order valence-corrected chi connectivity index (χ4v) is 1.55. The number of hydrazine groups is 1. The highest BCUT2D eigenvalue weighted by Crippen LogP contribution is 2.26. The van der Waals surface area contributed by atoms with Gasteiger partial charge in [0.1, 0.15) is 5.75 Å². The number of hydrogen-bond acceptors (Lipinski definition) is 3. The molecule has 0 spiro atoms. The molecule has 0 fully saturated rings. The van der Waals surface area contributed by atoms with E-state index in [0.29, 0.717) is 29.5 Å². The molecule has 1 aromatic carbocycles. The highest BCUT2D eigenvalue weighted by Gasteiger charge is 2.05. The summed E-state index contributed by atoms with van der Waals surface area (Å²) in [5.74, 6) is 0.535. The van der Waals surface area contributed by atoms with Gasteiger partial charge in [0.05, 0.1) is 17.3 Å². The molecule has 0 aliphatic carbocycles. The SMILES string of the molecule is CCOc1ccc(Cl)c(NC(=S)NNC(=O)CC)c1. The molecule has 0 heterocycles. The zero-order chi connectivity index (χ0) is 14.3. The first-order chi connectivity index (χ1) is 9.06. The smallest absolute Gasteiger partial charge is 0.238 e. The Labute approximate surface area is 122 Å². The highest BCUT2D eigenvalue weighted by atomic mass is 35.5. The lowest BCUT2D eigenvalue weighted by Crippen LogP contribution is -2.43. The predicted molar refractivity (Wildman–Crippen MR) is 80.4 cm³/mol. The minimum absolute atomic E-state index is 0.154. The Bertz CT molecular complexity index is 468. The Morgan fingerprint density at radius 1 is 1.37 bits per heavy atom. The zero-order valence-electron chi connectivity index (χ0n) is 10.7. The van der Waals surface area contributed by atoms with Crippen molar-refractivity contribution in [2.45, 2.75) is 20.3 Å². The largest absolute Gasteiger partial charge is 0.494 e. The fraction of sp³-hybridized carbons (Fsp3) is 0.333. The van der Waals surface area contributed by atoms with E-state index in [-0.39, 0.29) is 11.0 Å². The molecule has 0 bridgehead atoms. The lowest BCUT2D eigenvalue weighted by atomic mass is 10.3. The summed E-state index contributed by atoms with van der Waals surface area (Å²) in [6, 6.07) is 5.22. The third kappa shape index (κ3) is 5.32. The summed E-state index contributed by atoms with van der Waals surface area (Å²) in [7, 11) is 0. The molecular formula is C12H16ClN3O2S. The number of rotatable bonds is 4. The molecule has 5 nitrogen and oxygen atoms in total. The first kappa shape index (κ1) is 15.5. The molecule has 104 valence electrons. The van der Waals surface area contributed by atoms with Crippen molar-refractivity contribution >= 4 is 40.5 Å². The van der Waals surface area contributed by atoms with Crippen LogP contribution < -0.4 is 20.9 Å². The molecule has 19 heavy (non-hydrogen) atoms. The number of carbonyl (C=O) groups excluding carboxylic acids is 1. The van der Waals surface area contributed by atoms with Crippen molar-refractivity contribution < 1.29 is 9.53 Å². The monoisotopic (exact) mass is 301 g/mol. The van der Waals surface area contributed by atoms with Gasteiger partial charge in [-0.05, 0) is 31.3 Å². The van der Waals surface area contributed by atoms with Crippen LogP contribution in [0, 0.1) is 0 Å². The first-order valence-electron chi connectivity index (χ1n) is 5.85. The number of ether oxygens (including phenoxy) is 1. The van der Waals surface area contributed by atoms with Crippen LogP contribution in [0.1, 0.15) is 20.3 Å². The molecule has 1 aromatic rings. The maximum atomic E-state index is 11.1. The second kappa shape index (κ2) is 7.81. The van der Waals surface area contributed by atoms with Gasteiger partial charge < -0.3 is 10.1 Å². The molecular weight excluding hydrogens is 286 g/mol.